The van der Waals surface area contributed by atoms with Crippen LogP contribution in [0, 0.1) is 0 Å². The summed E-state index contributed by atoms with van der Waals surface area (Å²) in [5, 5.41) is 0. The van der Waals surface area contributed by atoms with E-state index in [0.717, 1.165) is 30.1 Å². The van der Waals surface area contributed by atoms with Gasteiger partial charge in [0.25, 0.3) is 0 Å². The van der Waals surface area contributed by atoms with Crippen LogP contribution in [0.1, 0.15) is 32.8 Å². The summed E-state index contributed by atoms with van der Waals surface area (Å²) in [5.41, 5.74) is 7.59. The second-order valence-electron chi connectivity index (χ2n) is 6.34. The number of nitrogens with two attached hydrogens (primary N) is 1. The molecule has 0 amide bonds. The van der Waals surface area contributed by atoms with Gasteiger partial charge in [-0.3, -0.25) is 0 Å². The van der Waals surface area contributed by atoms with Gasteiger partial charge in [0.2, 0.25) is 5.79 Å². The molecule has 1 unspecified atom stereocenters. The zero-order chi connectivity index (χ0) is 16.4. The van der Waals surface area contributed by atoms with Gasteiger partial charge in [0, 0.05) is 25.1 Å². The van der Waals surface area contributed by atoms with Gasteiger partial charge in [-0.05, 0) is 56.2 Å². The lowest BCUT2D eigenvalue weighted by atomic mass is 10.0. The van der Waals surface area contributed by atoms with Crippen molar-refractivity contribution in [1.82, 2.24) is 0 Å². The van der Waals surface area contributed by atoms with E-state index < -0.39 is 5.79 Å². The molecule has 2 aromatic carbocycles. The molecule has 0 saturated heterocycles. The molecule has 0 aromatic heterocycles. The lowest BCUT2D eigenvalue weighted by Gasteiger charge is -2.36. The first-order chi connectivity index (χ1) is 10.9. The Balaban J connectivity index is 1.79. The minimum atomic E-state index is -0.582. The number of hydrogen-bond donors (Lipinski definition) is 1. The highest BCUT2D eigenvalue weighted by Crippen LogP contribution is 2.37. The van der Waals surface area contributed by atoms with Crippen LogP contribution in [0.5, 0.6) is 17.2 Å². The van der Waals surface area contributed by atoms with E-state index in [4.69, 9.17) is 19.9 Å². The molecular formula is C19H23NO3. The molecule has 122 valence electrons. The number of anilines is 1. The van der Waals surface area contributed by atoms with Crippen molar-refractivity contribution in [3.05, 3.63) is 48.0 Å². The third-order valence-electron chi connectivity index (χ3n) is 3.81. The Morgan fingerprint density at radius 3 is 2.48 bits per heavy atom. The Morgan fingerprint density at radius 1 is 1.09 bits per heavy atom. The summed E-state index contributed by atoms with van der Waals surface area (Å²) in [6.07, 6.45) is 1.90. The van der Waals surface area contributed by atoms with Crippen LogP contribution in [0.25, 0.3) is 0 Å². The van der Waals surface area contributed by atoms with Gasteiger partial charge in [0.1, 0.15) is 17.2 Å². The molecule has 2 aromatic rings. The van der Waals surface area contributed by atoms with E-state index in [0.29, 0.717) is 5.69 Å². The SMILES string of the molecule is CC(C)OC1(C)CCc2ccc(Oc3ccc(N)cc3)cc2O1. The molecular weight excluding hydrogens is 290 g/mol. The summed E-state index contributed by atoms with van der Waals surface area (Å²) >= 11 is 0. The van der Waals surface area contributed by atoms with Crippen LogP contribution in [0.4, 0.5) is 5.69 Å². The average Bonchev–Trinajstić information content (AvgIpc) is 2.48. The van der Waals surface area contributed by atoms with Gasteiger partial charge in [-0.15, -0.1) is 0 Å². The number of benzene rings is 2. The van der Waals surface area contributed by atoms with Crippen LogP contribution >= 0.6 is 0 Å². The number of hydrogen-bond acceptors (Lipinski definition) is 4. The normalized spacial score (nSPS) is 20.0. The Labute approximate surface area is 137 Å². The molecule has 0 fully saturated rings. The number of nitrogen functional groups attached to an aromatic ring is 1. The summed E-state index contributed by atoms with van der Waals surface area (Å²) in [4.78, 5) is 0. The molecule has 0 bridgehead atoms. The summed E-state index contributed by atoms with van der Waals surface area (Å²) < 4.78 is 17.9. The zero-order valence-electron chi connectivity index (χ0n) is 13.8. The van der Waals surface area contributed by atoms with Crippen molar-refractivity contribution in [1.29, 1.82) is 0 Å². The first kappa shape index (κ1) is 15.7. The Morgan fingerprint density at radius 2 is 1.78 bits per heavy atom. The van der Waals surface area contributed by atoms with E-state index in [2.05, 4.69) is 6.07 Å². The van der Waals surface area contributed by atoms with Gasteiger partial charge >= 0.3 is 0 Å². The van der Waals surface area contributed by atoms with Gasteiger partial charge in [-0.2, -0.15) is 0 Å². The van der Waals surface area contributed by atoms with Crippen LogP contribution in [0.3, 0.4) is 0 Å². The largest absolute Gasteiger partial charge is 0.462 e. The highest BCUT2D eigenvalue weighted by atomic mass is 16.7. The maximum absolute atomic E-state index is 6.11. The van der Waals surface area contributed by atoms with Crippen LogP contribution in [-0.4, -0.2) is 11.9 Å². The summed E-state index contributed by atoms with van der Waals surface area (Å²) in [6.45, 7) is 6.03. The van der Waals surface area contributed by atoms with Crippen molar-refractivity contribution >= 4 is 5.69 Å². The predicted molar refractivity (Wildman–Crippen MR) is 90.9 cm³/mol. The van der Waals surface area contributed by atoms with Crippen LogP contribution < -0.4 is 15.2 Å². The van der Waals surface area contributed by atoms with Crippen molar-refractivity contribution in [3.8, 4) is 17.2 Å². The molecule has 0 spiro atoms. The summed E-state index contributed by atoms with van der Waals surface area (Å²) in [7, 11) is 0. The molecule has 0 radical (unpaired) electrons. The van der Waals surface area contributed by atoms with Crippen LogP contribution in [-0.2, 0) is 11.2 Å². The van der Waals surface area contributed by atoms with Crippen molar-refractivity contribution in [3.63, 3.8) is 0 Å². The molecule has 0 saturated carbocycles. The standard InChI is InChI=1S/C19H23NO3/c1-13(2)22-19(3)11-10-14-4-7-17(12-18(14)23-19)21-16-8-5-15(20)6-9-16/h4-9,12-13H,10-11,20H2,1-3H3. The predicted octanol–water partition coefficient (Wildman–Crippen LogP) is 4.53. The van der Waals surface area contributed by atoms with Gasteiger partial charge in [0.05, 0.1) is 6.10 Å². The smallest absolute Gasteiger partial charge is 0.208 e. The minimum Gasteiger partial charge on any atom is -0.462 e. The van der Waals surface area contributed by atoms with Crippen molar-refractivity contribution in [2.75, 3.05) is 5.73 Å². The maximum atomic E-state index is 6.11. The minimum absolute atomic E-state index is 0.121. The van der Waals surface area contributed by atoms with Crippen molar-refractivity contribution in [2.24, 2.45) is 0 Å². The maximum Gasteiger partial charge on any atom is 0.208 e. The number of ether oxygens (including phenoxy) is 3. The monoisotopic (exact) mass is 313 g/mol. The van der Waals surface area contributed by atoms with Gasteiger partial charge in [-0.1, -0.05) is 6.07 Å². The number of aryl methyl sites for hydroxylation is 1. The van der Waals surface area contributed by atoms with Gasteiger partial charge in [0.15, 0.2) is 0 Å². The van der Waals surface area contributed by atoms with Crippen LogP contribution in [0.15, 0.2) is 42.5 Å². The van der Waals surface area contributed by atoms with E-state index in [9.17, 15) is 0 Å². The molecule has 1 atom stereocenters. The topological polar surface area (TPSA) is 53.7 Å². The lowest BCUT2D eigenvalue weighted by molar-refractivity contribution is -0.200. The molecule has 1 aliphatic heterocycles. The molecule has 23 heavy (non-hydrogen) atoms. The number of fused-ring (bicyclic) bond motifs is 1. The first-order valence-corrected chi connectivity index (χ1v) is 7.97. The molecule has 1 heterocycles. The highest BCUT2D eigenvalue weighted by Gasteiger charge is 2.33. The van der Waals surface area contributed by atoms with Crippen molar-refractivity contribution in [2.45, 2.75) is 45.5 Å². The lowest BCUT2D eigenvalue weighted by Crippen LogP contribution is -2.41. The fraction of sp³-hybridized carbons (Fsp3) is 0.368. The molecule has 4 heteroatoms. The van der Waals surface area contributed by atoms with E-state index in [1.54, 1.807) is 0 Å². The zero-order valence-corrected chi connectivity index (χ0v) is 13.8. The Hall–Kier alpha value is -2.20. The summed E-state index contributed by atoms with van der Waals surface area (Å²) in [6, 6.07) is 13.3. The van der Waals surface area contributed by atoms with Gasteiger partial charge in [-0.25, -0.2) is 0 Å². The molecule has 2 N–H and O–H groups in total. The van der Waals surface area contributed by atoms with Gasteiger partial charge < -0.3 is 19.9 Å². The Bertz CT molecular complexity index is 682. The molecule has 0 aliphatic carbocycles. The average molecular weight is 313 g/mol. The quantitative estimate of drug-likeness (QED) is 0.843. The fourth-order valence-electron chi connectivity index (χ4n) is 2.80. The molecule has 1 aliphatic rings. The van der Waals surface area contributed by atoms with E-state index in [1.165, 1.54) is 5.56 Å². The van der Waals surface area contributed by atoms with E-state index in [-0.39, 0.29) is 6.10 Å². The summed E-state index contributed by atoms with van der Waals surface area (Å²) in [5.74, 6) is 1.73. The van der Waals surface area contributed by atoms with Crippen LogP contribution in [0.2, 0.25) is 0 Å². The molecule has 4 nitrogen and oxygen atoms in total. The molecule has 3 rings (SSSR count). The first-order valence-electron chi connectivity index (χ1n) is 7.97. The third kappa shape index (κ3) is 3.77. The Kier molecular flexibility index (Phi) is 4.18. The third-order valence-corrected chi connectivity index (χ3v) is 3.81. The van der Waals surface area contributed by atoms with Crippen molar-refractivity contribution < 1.29 is 14.2 Å². The van der Waals surface area contributed by atoms with E-state index >= 15 is 0 Å². The second-order valence-corrected chi connectivity index (χ2v) is 6.34. The second kappa shape index (κ2) is 6.13. The highest BCUT2D eigenvalue weighted by molar-refractivity contribution is 5.46. The number of rotatable bonds is 4. The van der Waals surface area contributed by atoms with E-state index in [1.807, 2.05) is 57.2 Å². The fourth-order valence-corrected chi connectivity index (χ4v) is 2.80.